The van der Waals surface area contributed by atoms with Crippen LogP contribution in [-0.2, 0) is 4.79 Å². The van der Waals surface area contributed by atoms with E-state index in [2.05, 4.69) is 27.0 Å². The number of carbonyl (C=O) groups is 1. The highest BCUT2D eigenvalue weighted by Gasteiger charge is 2.28. The number of H-pyrrole nitrogens is 1. The third-order valence-corrected chi connectivity index (χ3v) is 6.78. The molecule has 2 saturated heterocycles. The number of halogens is 1. The molecule has 1 atom stereocenters. The fourth-order valence-electron chi connectivity index (χ4n) is 3.73. The zero-order valence-corrected chi connectivity index (χ0v) is 18.0. The van der Waals surface area contributed by atoms with Crippen molar-refractivity contribution in [3.05, 3.63) is 6.20 Å². The second-order valence-corrected chi connectivity index (χ2v) is 9.23. The van der Waals surface area contributed by atoms with Crippen LogP contribution in [0.15, 0.2) is 11.2 Å². The molecule has 4 heterocycles. The van der Waals surface area contributed by atoms with Gasteiger partial charge in [0.15, 0.2) is 5.65 Å². The molecule has 3 N–H and O–H groups in total. The standard InChI is InChI=1S/C18H27N7OS.ClH/c1-12(26)25-7-3-4-13(11-25)27-17-15-16(22-23-17)21-14(10-20-15)24-8-5-18(2,19)6-9-24;/h10,13H,3-9,11,19H2,1-2H3,(H,21,22,23);1H. The van der Waals surface area contributed by atoms with E-state index < -0.39 is 0 Å². The van der Waals surface area contributed by atoms with Gasteiger partial charge in [-0.2, -0.15) is 5.10 Å². The molecule has 2 fully saturated rings. The van der Waals surface area contributed by atoms with Crippen molar-refractivity contribution in [3.8, 4) is 0 Å². The van der Waals surface area contributed by atoms with Crippen molar-refractivity contribution in [2.24, 2.45) is 5.73 Å². The predicted molar refractivity (Wildman–Crippen MR) is 114 cm³/mol. The smallest absolute Gasteiger partial charge is 0.219 e. The van der Waals surface area contributed by atoms with Gasteiger partial charge in [-0.25, -0.2) is 9.97 Å². The summed E-state index contributed by atoms with van der Waals surface area (Å²) in [4.78, 5) is 25.2. The Labute approximate surface area is 175 Å². The number of nitrogens with one attached hydrogen (secondary N) is 1. The van der Waals surface area contributed by atoms with Crippen LogP contribution in [0.2, 0.25) is 0 Å². The minimum Gasteiger partial charge on any atom is -0.355 e. The molecule has 2 aromatic rings. The number of aromatic amines is 1. The van der Waals surface area contributed by atoms with Gasteiger partial charge in [-0.05, 0) is 32.6 Å². The van der Waals surface area contributed by atoms with E-state index >= 15 is 0 Å². The summed E-state index contributed by atoms with van der Waals surface area (Å²) in [7, 11) is 0. The van der Waals surface area contributed by atoms with Crippen molar-refractivity contribution >= 4 is 47.1 Å². The highest BCUT2D eigenvalue weighted by atomic mass is 35.5. The number of anilines is 1. The molecule has 4 rings (SSSR count). The van der Waals surface area contributed by atoms with Crippen LogP contribution in [0.4, 0.5) is 5.82 Å². The molecule has 0 bridgehead atoms. The summed E-state index contributed by atoms with van der Waals surface area (Å²) in [6.07, 6.45) is 5.85. The number of amides is 1. The lowest BCUT2D eigenvalue weighted by Crippen LogP contribution is -2.48. The van der Waals surface area contributed by atoms with Gasteiger partial charge in [0, 0.05) is 43.9 Å². The van der Waals surface area contributed by atoms with Gasteiger partial charge in [0.2, 0.25) is 5.91 Å². The van der Waals surface area contributed by atoms with Crippen molar-refractivity contribution in [2.75, 3.05) is 31.1 Å². The van der Waals surface area contributed by atoms with E-state index in [4.69, 9.17) is 10.7 Å². The van der Waals surface area contributed by atoms with Gasteiger partial charge in [-0.3, -0.25) is 9.89 Å². The van der Waals surface area contributed by atoms with Crippen LogP contribution >= 0.6 is 24.2 Å². The summed E-state index contributed by atoms with van der Waals surface area (Å²) in [6, 6.07) is 0. The topological polar surface area (TPSA) is 104 Å². The van der Waals surface area contributed by atoms with Crippen LogP contribution < -0.4 is 10.6 Å². The summed E-state index contributed by atoms with van der Waals surface area (Å²) in [5, 5.41) is 8.69. The number of likely N-dealkylation sites (tertiary alicyclic amines) is 1. The maximum Gasteiger partial charge on any atom is 0.219 e. The summed E-state index contributed by atoms with van der Waals surface area (Å²) in [5.74, 6) is 1.02. The molecule has 2 aliphatic heterocycles. The molecular formula is C18H28ClN7OS. The Morgan fingerprint density at radius 3 is 2.82 bits per heavy atom. The second kappa shape index (κ2) is 8.42. The first-order valence-corrected chi connectivity index (χ1v) is 10.5. The Hall–Kier alpha value is -1.58. The van der Waals surface area contributed by atoms with Crippen molar-refractivity contribution in [1.82, 2.24) is 25.1 Å². The average molecular weight is 426 g/mol. The van der Waals surface area contributed by atoms with Crippen LogP contribution in [0, 0.1) is 0 Å². The highest BCUT2D eigenvalue weighted by molar-refractivity contribution is 8.00. The quantitative estimate of drug-likeness (QED) is 0.776. The van der Waals surface area contributed by atoms with Crippen molar-refractivity contribution in [2.45, 2.75) is 55.3 Å². The largest absolute Gasteiger partial charge is 0.355 e. The minimum absolute atomic E-state index is 0. The van der Waals surface area contributed by atoms with E-state index in [1.807, 2.05) is 11.1 Å². The molecule has 1 unspecified atom stereocenters. The van der Waals surface area contributed by atoms with Crippen molar-refractivity contribution in [1.29, 1.82) is 0 Å². The Morgan fingerprint density at radius 2 is 2.11 bits per heavy atom. The lowest BCUT2D eigenvalue weighted by Gasteiger charge is -2.37. The molecule has 2 aromatic heterocycles. The third-order valence-electron chi connectivity index (χ3n) is 5.56. The van der Waals surface area contributed by atoms with Crippen LogP contribution in [0.3, 0.4) is 0 Å². The third kappa shape index (κ3) is 4.52. The van der Waals surface area contributed by atoms with E-state index in [0.717, 1.165) is 73.9 Å². The van der Waals surface area contributed by atoms with Gasteiger partial charge >= 0.3 is 0 Å². The fourth-order valence-corrected chi connectivity index (χ4v) is 4.94. The Morgan fingerprint density at radius 1 is 1.36 bits per heavy atom. The number of hydrogen-bond acceptors (Lipinski definition) is 7. The van der Waals surface area contributed by atoms with Crippen LogP contribution in [0.1, 0.15) is 39.5 Å². The Bertz CT molecular complexity index is 832. The Kier molecular flexibility index (Phi) is 6.36. The maximum absolute atomic E-state index is 11.6. The molecule has 1 amide bonds. The van der Waals surface area contributed by atoms with Gasteiger partial charge in [-0.1, -0.05) is 11.8 Å². The van der Waals surface area contributed by atoms with E-state index in [1.54, 1.807) is 18.7 Å². The molecular weight excluding hydrogens is 398 g/mol. The first-order valence-electron chi connectivity index (χ1n) is 9.58. The molecule has 10 heteroatoms. The maximum atomic E-state index is 11.6. The lowest BCUT2D eigenvalue weighted by molar-refractivity contribution is -0.129. The highest BCUT2D eigenvalue weighted by Crippen LogP contribution is 2.32. The predicted octanol–water partition coefficient (Wildman–Crippen LogP) is 2.20. The summed E-state index contributed by atoms with van der Waals surface area (Å²) < 4.78 is 0. The zero-order valence-electron chi connectivity index (χ0n) is 16.3. The number of aromatic nitrogens is 4. The van der Waals surface area contributed by atoms with E-state index in [-0.39, 0.29) is 23.9 Å². The first-order chi connectivity index (χ1) is 12.9. The number of nitrogens with zero attached hydrogens (tertiary/aromatic N) is 5. The number of nitrogens with two attached hydrogens (primary N) is 1. The van der Waals surface area contributed by atoms with Crippen LogP contribution in [0.5, 0.6) is 0 Å². The number of piperidine rings is 2. The van der Waals surface area contributed by atoms with Crippen molar-refractivity contribution in [3.63, 3.8) is 0 Å². The molecule has 0 spiro atoms. The normalized spacial score (nSPS) is 22.2. The average Bonchev–Trinajstić information content (AvgIpc) is 3.04. The number of fused-ring (bicyclic) bond motifs is 1. The van der Waals surface area contributed by atoms with Gasteiger partial charge in [-0.15, -0.1) is 12.4 Å². The summed E-state index contributed by atoms with van der Waals surface area (Å²) >= 11 is 1.69. The summed E-state index contributed by atoms with van der Waals surface area (Å²) in [5.41, 5.74) is 7.67. The van der Waals surface area contributed by atoms with E-state index in [1.165, 1.54) is 0 Å². The van der Waals surface area contributed by atoms with E-state index in [0.29, 0.717) is 5.25 Å². The van der Waals surface area contributed by atoms with Crippen molar-refractivity contribution < 1.29 is 4.79 Å². The summed E-state index contributed by atoms with van der Waals surface area (Å²) in [6.45, 7) is 7.16. The SMILES string of the molecule is CC(=O)N1CCCC(Sc2n[nH]c3nc(N4CCC(C)(N)CC4)cnc23)C1.Cl. The molecule has 154 valence electrons. The minimum atomic E-state index is -0.0838. The molecule has 0 saturated carbocycles. The first kappa shape index (κ1) is 21.1. The Balaban J connectivity index is 0.00000225. The molecule has 8 nitrogen and oxygen atoms in total. The number of carbonyl (C=O) groups excluding carboxylic acids is 1. The zero-order chi connectivity index (χ0) is 19.0. The number of rotatable bonds is 3. The monoisotopic (exact) mass is 425 g/mol. The number of hydrogen-bond donors (Lipinski definition) is 2. The van der Waals surface area contributed by atoms with Crippen LogP contribution in [0.25, 0.3) is 11.2 Å². The lowest BCUT2D eigenvalue weighted by atomic mass is 9.91. The van der Waals surface area contributed by atoms with Gasteiger partial charge in [0.1, 0.15) is 16.4 Å². The number of thioether (sulfide) groups is 1. The second-order valence-electron chi connectivity index (χ2n) is 7.94. The molecule has 0 aromatic carbocycles. The van der Waals surface area contributed by atoms with Gasteiger partial charge < -0.3 is 15.5 Å². The molecule has 28 heavy (non-hydrogen) atoms. The van der Waals surface area contributed by atoms with E-state index in [9.17, 15) is 4.79 Å². The molecule has 0 aliphatic carbocycles. The van der Waals surface area contributed by atoms with Crippen LogP contribution in [-0.4, -0.2) is 67.9 Å². The fraction of sp³-hybridized carbons (Fsp3) is 0.667. The van der Waals surface area contributed by atoms with Gasteiger partial charge in [0.25, 0.3) is 0 Å². The molecule has 0 radical (unpaired) electrons. The molecule has 2 aliphatic rings. The van der Waals surface area contributed by atoms with Gasteiger partial charge in [0.05, 0.1) is 6.20 Å².